The first-order chi connectivity index (χ1) is 8.56. The molecule has 8 heteroatoms. The van der Waals surface area contributed by atoms with Crippen LogP contribution in [-0.2, 0) is 0 Å². The minimum Gasteiger partial charge on any atom is -0.467 e. The highest BCUT2D eigenvalue weighted by Crippen LogP contribution is 2.16. The number of nitrogens with two attached hydrogens (primary N) is 1. The minimum absolute atomic E-state index is 0.179. The van der Waals surface area contributed by atoms with Gasteiger partial charge in [0.2, 0.25) is 5.95 Å². The predicted octanol–water partition coefficient (Wildman–Crippen LogP) is 0.277. The zero-order valence-corrected chi connectivity index (χ0v) is 10.7. The van der Waals surface area contributed by atoms with Gasteiger partial charge in [-0.25, -0.2) is 10.5 Å². The number of nitrogen functional groups attached to an aromatic ring is 1. The fourth-order valence-electron chi connectivity index (χ4n) is 1.51. The molecule has 0 aromatic carbocycles. The maximum Gasteiger partial charge on any atom is 0.322 e. The Bertz CT molecular complexity index is 556. The van der Waals surface area contributed by atoms with Gasteiger partial charge in [0, 0.05) is 5.69 Å². The zero-order chi connectivity index (χ0) is 13.3. The van der Waals surface area contributed by atoms with E-state index in [-0.39, 0.29) is 12.0 Å². The lowest BCUT2D eigenvalue weighted by Gasteiger charge is -2.06. The summed E-state index contributed by atoms with van der Waals surface area (Å²) in [6, 6.07) is 0.179. The number of hydrazine groups is 1. The van der Waals surface area contributed by atoms with Gasteiger partial charge in [0.25, 0.3) is 5.95 Å². The van der Waals surface area contributed by atoms with Crippen LogP contribution in [0.4, 0.5) is 5.95 Å². The van der Waals surface area contributed by atoms with Crippen LogP contribution in [0.3, 0.4) is 0 Å². The van der Waals surface area contributed by atoms with Gasteiger partial charge < -0.3 is 4.74 Å². The van der Waals surface area contributed by atoms with E-state index in [1.165, 1.54) is 7.11 Å². The summed E-state index contributed by atoms with van der Waals surface area (Å²) in [6.07, 6.45) is 0. The first-order valence-corrected chi connectivity index (χ1v) is 5.36. The summed E-state index contributed by atoms with van der Waals surface area (Å²) in [5.41, 5.74) is 5.35. The van der Waals surface area contributed by atoms with Gasteiger partial charge in [0.05, 0.1) is 12.8 Å². The van der Waals surface area contributed by atoms with E-state index in [2.05, 4.69) is 25.5 Å². The third-order valence-corrected chi connectivity index (χ3v) is 2.76. The lowest BCUT2D eigenvalue weighted by atomic mass is 10.2. The van der Waals surface area contributed by atoms with Crippen molar-refractivity contribution in [2.24, 2.45) is 5.84 Å². The molecule has 0 atom stereocenters. The first-order valence-electron chi connectivity index (χ1n) is 5.36. The largest absolute Gasteiger partial charge is 0.467 e. The average Bonchev–Trinajstić information content (AvgIpc) is 2.65. The predicted molar refractivity (Wildman–Crippen MR) is 65.5 cm³/mol. The van der Waals surface area contributed by atoms with Crippen molar-refractivity contribution < 1.29 is 4.74 Å². The second-order valence-electron chi connectivity index (χ2n) is 3.80. The third kappa shape index (κ3) is 1.97. The number of hydrogen-bond donors (Lipinski definition) is 2. The molecule has 0 spiro atoms. The Balaban J connectivity index is 2.59. The molecule has 0 amide bonds. The molecule has 8 nitrogen and oxygen atoms in total. The number of aryl methyl sites for hydroxylation is 1. The van der Waals surface area contributed by atoms with Crippen LogP contribution in [0.15, 0.2) is 0 Å². The quantitative estimate of drug-likeness (QED) is 0.594. The number of aromatic nitrogens is 5. The molecule has 2 heterocycles. The molecule has 18 heavy (non-hydrogen) atoms. The van der Waals surface area contributed by atoms with Gasteiger partial charge in [-0.2, -0.15) is 20.1 Å². The van der Waals surface area contributed by atoms with Crippen molar-refractivity contribution in [2.75, 3.05) is 12.5 Å². The lowest BCUT2D eigenvalue weighted by Crippen LogP contribution is -2.15. The molecule has 0 radical (unpaired) electrons. The molecular weight excluding hydrogens is 234 g/mol. The maximum absolute atomic E-state index is 5.31. The normalized spacial score (nSPS) is 10.5. The summed E-state index contributed by atoms with van der Waals surface area (Å²) in [7, 11) is 1.48. The maximum atomic E-state index is 5.31. The van der Waals surface area contributed by atoms with Gasteiger partial charge in [-0.3, -0.25) is 5.43 Å². The van der Waals surface area contributed by atoms with Crippen molar-refractivity contribution in [3.8, 4) is 12.0 Å². The summed E-state index contributed by atoms with van der Waals surface area (Å²) in [6.45, 7) is 5.87. The second kappa shape index (κ2) is 4.57. The number of hydrogen-bond acceptors (Lipinski definition) is 7. The molecule has 2 aromatic heterocycles. The van der Waals surface area contributed by atoms with Gasteiger partial charge >= 0.3 is 6.01 Å². The number of nitrogens with one attached hydrogen (secondary N) is 1. The van der Waals surface area contributed by atoms with Crippen molar-refractivity contribution in [1.82, 2.24) is 24.7 Å². The molecule has 0 aliphatic carbocycles. The average molecular weight is 249 g/mol. The Labute approximate surface area is 104 Å². The fraction of sp³-hybridized carbons (Fsp3) is 0.400. The number of ether oxygens (including phenoxy) is 1. The van der Waals surface area contributed by atoms with Crippen molar-refractivity contribution in [1.29, 1.82) is 0 Å². The molecular formula is C10H15N7O. The lowest BCUT2D eigenvalue weighted by molar-refractivity contribution is 0.377. The van der Waals surface area contributed by atoms with E-state index in [0.29, 0.717) is 5.95 Å². The summed E-state index contributed by atoms with van der Waals surface area (Å²) in [5, 5.41) is 4.37. The molecule has 0 aliphatic rings. The molecule has 0 saturated carbocycles. The minimum atomic E-state index is 0.179. The van der Waals surface area contributed by atoms with Crippen LogP contribution in [-0.4, -0.2) is 31.8 Å². The number of rotatable bonds is 3. The first kappa shape index (κ1) is 12.2. The van der Waals surface area contributed by atoms with Crippen LogP contribution in [0.5, 0.6) is 6.01 Å². The summed E-state index contributed by atoms with van der Waals surface area (Å²) in [4.78, 5) is 12.2. The van der Waals surface area contributed by atoms with E-state index in [4.69, 9.17) is 10.6 Å². The van der Waals surface area contributed by atoms with E-state index in [0.717, 1.165) is 17.0 Å². The van der Waals surface area contributed by atoms with Crippen LogP contribution < -0.4 is 16.0 Å². The van der Waals surface area contributed by atoms with Crippen molar-refractivity contribution >= 4 is 5.95 Å². The molecule has 0 aliphatic heterocycles. The van der Waals surface area contributed by atoms with Crippen molar-refractivity contribution in [2.45, 2.75) is 20.8 Å². The van der Waals surface area contributed by atoms with E-state index >= 15 is 0 Å². The highest BCUT2D eigenvalue weighted by molar-refractivity contribution is 5.32. The van der Waals surface area contributed by atoms with Gasteiger partial charge in [0.1, 0.15) is 0 Å². The molecule has 3 N–H and O–H groups in total. The molecule has 96 valence electrons. The fourth-order valence-corrected chi connectivity index (χ4v) is 1.51. The topological polar surface area (TPSA) is 104 Å². The number of nitrogens with zero attached hydrogens (tertiary/aromatic N) is 5. The third-order valence-electron chi connectivity index (χ3n) is 2.76. The van der Waals surface area contributed by atoms with Gasteiger partial charge in [-0.05, 0) is 26.3 Å². The summed E-state index contributed by atoms with van der Waals surface area (Å²) in [5.74, 6) is 5.89. The van der Waals surface area contributed by atoms with E-state index < -0.39 is 0 Å². The van der Waals surface area contributed by atoms with E-state index in [9.17, 15) is 0 Å². The van der Waals surface area contributed by atoms with E-state index in [1.807, 2.05) is 20.8 Å². The second-order valence-corrected chi connectivity index (χ2v) is 3.80. The van der Waals surface area contributed by atoms with E-state index in [1.54, 1.807) is 4.68 Å². The Kier molecular flexibility index (Phi) is 3.11. The summed E-state index contributed by atoms with van der Waals surface area (Å²) >= 11 is 0. The molecule has 0 bridgehead atoms. The van der Waals surface area contributed by atoms with Crippen LogP contribution in [0.2, 0.25) is 0 Å². The van der Waals surface area contributed by atoms with Crippen molar-refractivity contribution in [3.63, 3.8) is 0 Å². The standard InChI is InChI=1S/C10H15N7O/c1-5-6(2)16-17(7(5)3)9-12-8(15-11)13-10(14-9)18-4/h11H2,1-4H3,(H,12,13,14,15). The van der Waals surface area contributed by atoms with Crippen LogP contribution in [0, 0.1) is 20.8 Å². The van der Waals surface area contributed by atoms with Crippen molar-refractivity contribution in [3.05, 3.63) is 17.0 Å². The highest BCUT2D eigenvalue weighted by atomic mass is 16.5. The zero-order valence-electron chi connectivity index (χ0n) is 10.7. The van der Waals surface area contributed by atoms with Gasteiger partial charge in [-0.1, -0.05) is 0 Å². The highest BCUT2D eigenvalue weighted by Gasteiger charge is 2.14. The molecule has 0 saturated heterocycles. The van der Waals surface area contributed by atoms with Crippen LogP contribution in [0.1, 0.15) is 17.0 Å². The Morgan fingerprint density at radius 2 is 1.89 bits per heavy atom. The molecule has 0 unspecified atom stereocenters. The van der Waals surface area contributed by atoms with Gasteiger partial charge in [0.15, 0.2) is 0 Å². The Morgan fingerprint density at radius 3 is 2.39 bits per heavy atom. The molecule has 0 fully saturated rings. The SMILES string of the molecule is COc1nc(NN)nc(-n2nc(C)c(C)c2C)n1. The molecule has 2 rings (SSSR count). The number of anilines is 1. The number of methoxy groups -OCH3 is 1. The van der Waals surface area contributed by atoms with Gasteiger partial charge in [-0.15, -0.1) is 0 Å². The van der Waals surface area contributed by atoms with Crippen LogP contribution in [0.25, 0.3) is 5.95 Å². The Morgan fingerprint density at radius 1 is 1.17 bits per heavy atom. The Hall–Kier alpha value is -2.22. The smallest absolute Gasteiger partial charge is 0.322 e. The van der Waals surface area contributed by atoms with Crippen LogP contribution >= 0.6 is 0 Å². The monoisotopic (exact) mass is 249 g/mol. The summed E-state index contributed by atoms with van der Waals surface area (Å²) < 4.78 is 6.63. The molecule has 2 aromatic rings.